The highest BCUT2D eigenvalue weighted by atomic mass is 35.5. The van der Waals surface area contributed by atoms with Crippen molar-refractivity contribution in [2.45, 2.75) is 13.1 Å². The van der Waals surface area contributed by atoms with E-state index in [9.17, 15) is 0 Å². The second-order valence-corrected chi connectivity index (χ2v) is 6.58. The average molecular weight is 399 g/mol. The van der Waals surface area contributed by atoms with Crippen molar-refractivity contribution in [1.29, 1.82) is 0 Å². The molecule has 0 aliphatic carbocycles. The Bertz CT molecular complexity index is 894. The number of pyridine rings is 1. The molecule has 0 aliphatic rings. The molecular formula is C22H23ClN2O3. The van der Waals surface area contributed by atoms with Crippen molar-refractivity contribution in [1.82, 2.24) is 4.98 Å². The summed E-state index contributed by atoms with van der Waals surface area (Å²) < 4.78 is 16.4. The number of rotatable bonds is 8. The molecule has 1 heterocycles. The van der Waals surface area contributed by atoms with Gasteiger partial charge in [-0.15, -0.1) is 0 Å². The van der Waals surface area contributed by atoms with Crippen LogP contribution in [-0.2, 0) is 13.1 Å². The summed E-state index contributed by atoms with van der Waals surface area (Å²) in [6.07, 6.45) is 1.78. The van der Waals surface area contributed by atoms with Crippen LogP contribution in [0.25, 0.3) is 0 Å². The Labute approximate surface area is 170 Å². The average Bonchev–Trinajstić information content (AvgIpc) is 2.74. The topological polar surface area (TPSA) is 43.8 Å². The van der Waals surface area contributed by atoms with Crippen LogP contribution in [0.4, 0.5) is 5.82 Å². The molecule has 0 amide bonds. The highest BCUT2D eigenvalue weighted by Gasteiger charge is 2.17. The van der Waals surface area contributed by atoms with E-state index in [1.165, 1.54) is 0 Å². The normalized spacial score (nSPS) is 10.4. The first kappa shape index (κ1) is 19.8. The zero-order valence-corrected chi connectivity index (χ0v) is 16.9. The minimum atomic E-state index is 0.573. The van der Waals surface area contributed by atoms with Crippen molar-refractivity contribution in [2.75, 3.05) is 26.2 Å². The van der Waals surface area contributed by atoms with Crippen molar-refractivity contribution >= 4 is 17.4 Å². The maximum Gasteiger partial charge on any atom is 0.203 e. The maximum atomic E-state index is 6.39. The summed E-state index contributed by atoms with van der Waals surface area (Å²) >= 11 is 6.39. The van der Waals surface area contributed by atoms with Crippen molar-refractivity contribution < 1.29 is 14.2 Å². The lowest BCUT2D eigenvalue weighted by Crippen LogP contribution is -2.23. The molecule has 0 atom stereocenters. The summed E-state index contributed by atoms with van der Waals surface area (Å²) in [6.45, 7) is 1.21. The number of ether oxygens (including phenoxy) is 3. The summed E-state index contributed by atoms with van der Waals surface area (Å²) in [6, 6.07) is 17.6. The second-order valence-electron chi connectivity index (χ2n) is 6.17. The van der Waals surface area contributed by atoms with E-state index >= 15 is 0 Å². The van der Waals surface area contributed by atoms with E-state index in [2.05, 4.69) is 9.88 Å². The highest BCUT2D eigenvalue weighted by Crippen LogP contribution is 2.38. The minimum absolute atomic E-state index is 0.573. The maximum absolute atomic E-state index is 6.39. The monoisotopic (exact) mass is 398 g/mol. The Morgan fingerprint density at radius 3 is 2.11 bits per heavy atom. The molecule has 3 aromatic rings. The smallest absolute Gasteiger partial charge is 0.203 e. The molecule has 0 saturated carbocycles. The first-order valence-corrected chi connectivity index (χ1v) is 9.22. The number of halogens is 1. The van der Waals surface area contributed by atoms with E-state index < -0.39 is 0 Å². The first-order chi connectivity index (χ1) is 13.7. The van der Waals surface area contributed by atoms with E-state index in [1.54, 1.807) is 27.5 Å². The number of aromatic nitrogens is 1. The number of hydrogen-bond donors (Lipinski definition) is 0. The van der Waals surface area contributed by atoms with Gasteiger partial charge in [0.25, 0.3) is 0 Å². The van der Waals surface area contributed by atoms with Crippen LogP contribution in [-0.4, -0.2) is 26.3 Å². The Balaban J connectivity index is 1.97. The molecule has 5 nitrogen and oxygen atoms in total. The van der Waals surface area contributed by atoms with Crippen LogP contribution >= 0.6 is 11.6 Å². The van der Waals surface area contributed by atoms with Crippen LogP contribution in [0, 0.1) is 0 Å². The summed E-state index contributed by atoms with van der Waals surface area (Å²) in [5.74, 6) is 2.67. The third-order valence-corrected chi connectivity index (χ3v) is 4.76. The van der Waals surface area contributed by atoms with Crippen LogP contribution in [0.2, 0.25) is 5.02 Å². The van der Waals surface area contributed by atoms with Gasteiger partial charge in [-0.3, -0.25) is 0 Å². The second kappa shape index (κ2) is 9.33. The van der Waals surface area contributed by atoms with Gasteiger partial charge in [0.05, 0.1) is 21.3 Å². The van der Waals surface area contributed by atoms with Crippen LogP contribution in [0.1, 0.15) is 11.1 Å². The summed E-state index contributed by atoms with van der Waals surface area (Å²) in [4.78, 5) is 6.67. The number of hydrogen-bond acceptors (Lipinski definition) is 5. The predicted molar refractivity (Wildman–Crippen MR) is 112 cm³/mol. The van der Waals surface area contributed by atoms with E-state index in [0.717, 1.165) is 22.0 Å². The SMILES string of the molecule is COc1cc(CN(Cc2ccccc2Cl)c2ccccn2)cc(OC)c1OC. The van der Waals surface area contributed by atoms with Crippen LogP contribution in [0.15, 0.2) is 60.8 Å². The van der Waals surface area contributed by atoms with Crippen molar-refractivity contribution in [3.63, 3.8) is 0 Å². The summed E-state index contributed by atoms with van der Waals surface area (Å²) in [5.41, 5.74) is 2.04. The van der Waals surface area contributed by atoms with Gasteiger partial charge < -0.3 is 19.1 Å². The number of methoxy groups -OCH3 is 3. The molecule has 0 saturated heterocycles. The fourth-order valence-corrected chi connectivity index (χ4v) is 3.23. The van der Waals surface area contributed by atoms with Gasteiger partial charge in [0, 0.05) is 24.3 Å². The predicted octanol–water partition coefficient (Wildman–Crippen LogP) is 4.97. The molecule has 0 N–H and O–H groups in total. The van der Waals surface area contributed by atoms with E-state index in [4.69, 9.17) is 25.8 Å². The molecule has 0 unspecified atom stereocenters. The quantitative estimate of drug-likeness (QED) is 0.536. The third-order valence-electron chi connectivity index (χ3n) is 4.39. The van der Waals surface area contributed by atoms with Gasteiger partial charge in [-0.1, -0.05) is 35.9 Å². The van der Waals surface area contributed by atoms with Gasteiger partial charge in [0.15, 0.2) is 11.5 Å². The highest BCUT2D eigenvalue weighted by molar-refractivity contribution is 6.31. The lowest BCUT2D eigenvalue weighted by Gasteiger charge is -2.25. The van der Waals surface area contributed by atoms with E-state index in [1.807, 2.05) is 54.6 Å². The fraction of sp³-hybridized carbons (Fsp3) is 0.227. The Kier molecular flexibility index (Phi) is 6.61. The van der Waals surface area contributed by atoms with Crippen molar-refractivity contribution in [3.8, 4) is 17.2 Å². The van der Waals surface area contributed by atoms with Gasteiger partial charge >= 0.3 is 0 Å². The molecule has 0 radical (unpaired) electrons. The molecule has 0 bridgehead atoms. The largest absolute Gasteiger partial charge is 0.493 e. The third kappa shape index (κ3) is 4.49. The lowest BCUT2D eigenvalue weighted by molar-refractivity contribution is 0.323. The van der Waals surface area contributed by atoms with Gasteiger partial charge in [-0.05, 0) is 41.5 Å². The van der Waals surface area contributed by atoms with Gasteiger partial charge in [-0.25, -0.2) is 4.98 Å². The van der Waals surface area contributed by atoms with Gasteiger partial charge in [-0.2, -0.15) is 0 Å². The zero-order chi connectivity index (χ0) is 19.9. The first-order valence-electron chi connectivity index (χ1n) is 8.84. The summed E-state index contributed by atoms with van der Waals surface area (Å²) in [7, 11) is 4.82. The number of anilines is 1. The lowest BCUT2D eigenvalue weighted by atomic mass is 10.1. The molecule has 28 heavy (non-hydrogen) atoms. The van der Waals surface area contributed by atoms with E-state index in [0.29, 0.717) is 30.3 Å². The van der Waals surface area contributed by atoms with E-state index in [-0.39, 0.29) is 0 Å². The van der Waals surface area contributed by atoms with Crippen molar-refractivity contribution in [2.24, 2.45) is 0 Å². The molecular weight excluding hydrogens is 376 g/mol. The Morgan fingerprint density at radius 1 is 0.857 bits per heavy atom. The Morgan fingerprint density at radius 2 is 1.54 bits per heavy atom. The van der Waals surface area contributed by atoms with Crippen LogP contribution < -0.4 is 19.1 Å². The summed E-state index contributed by atoms with van der Waals surface area (Å²) in [5, 5.41) is 0.730. The minimum Gasteiger partial charge on any atom is -0.493 e. The van der Waals surface area contributed by atoms with Gasteiger partial charge in [0.2, 0.25) is 5.75 Å². The molecule has 1 aromatic heterocycles. The Hall–Kier alpha value is -2.92. The fourth-order valence-electron chi connectivity index (χ4n) is 3.04. The molecule has 3 rings (SSSR count). The molecule has 6 heteroatoms. The van der Waals surface area contributed by atoms with Crippen LogP contribution in [0.5, 0.6) is 17.2 Å². The molecule has 0 fully saturated rings. The van der Waals surface area contributed by atoms with Crippen molar-refractivity contribution in [3.05, 3.63) is 76.9 Å². The molecule has 0 spiro atoms. The molecule has 146 valence electrons. The molecule has 2 aromatic carbocycles. The van der Waals surface area contributed by atoms with Gasteiger partial charge in [0.1, 0.15) is 5.82 Å². The number of nitrogens with zero attached hydrogens (tertiary/aromatic N) is 2. The standard InChI is InChI=1S/C22H23ClN2O3/c1-26-19-12-16(13-20(27-2)22(19)28-3)14-25(21-10-6-7-11-24-21)15-17-8-4-5-9-18(17)23/h4-13H,14-15H2,1-3H3. The molecule has 0 aliphatic heterocycles. The zero-order valence-electron chi connectivity index (χ0n) is 16.2. The number of benzene rings is 2. The van der Waals surface area contributed by atoms with Crippen LogP contribution in [0.3, 0.4) is 0 Å².